The lowest BCUT2D eigenvalue weighted by molar-refractivity contribution is -0.274. The fourth-order valence-electron chi connectivity index (χ4n) is 9.41. The Balaban J connectivity index is 0.00000135. The van der Waals surface area contributed by atoms with Crippen molar-refractivity contribution in [3.05, 3.63) is 136 Å². The Morgan fingerprint density at radius 2 is 0.863 bits per heavy atom. The second-order valence-electron chi connectivity index (χ2n) is 30.9. The van der Waals surface area contributed by atoms with E-state index in [0.717, 1.165) is 164 Å². The van der Waals surface area contributed by atoms with E-state index in [1.807, 2.05) is 177 Å². The van der Waals surface area contributed by atoms with Crippen LogP contribution in [0.1, 0.15) is 223 Å². The number of nitrogens with one attached hydrogen (secondary N) is 5. The smallest absolute Gasteiger partial charge is 0.537 e. The lowest BCUT2D eigenvalue weighted by atomic mass is 10.1. The number of hydrogen-bond donors (Lipinski definition) is 9. The number of alkyl halides is 5. The zero-order valence-electron chi connectivity index (χ0n) is 70.6. The van der Waals surface area contributed by atoms with Gasteiger partial charge in [-0.15, -0.1) is 13.2 Å². The van der Waals surface area contributed by atoms with Gasteiger partial charge < -0.3 is 89.8 Å². The summed E-state index contributed by atoms with van der Waals surface area (Å²) in [5.41, 5.74) is 9.75. The standard InChI is InChI=1S/C18H23BrN2O3.C18H24N2O3.C10H8O.2C9H18BrNO2.C9H19NO3.C7H5BF3O3.C4H11NO/c1-18(2,3)24-17(23)20-8-4-5-9-21-11-15(19)14-10-13(12-22)6-7-16(14)21;1-18(2,3)23-17(22)19-9-4-5-10-20-11-8-15-12-14(13-21)6-7-16(15)20;11-7-8-4-5-9-2-1-3-10(9)6-8;2*1-9(2,3)13-8(12)11-7-5-4-6-10;1-9(2,3)13-8(12)10-6-4-5-7-11;9-7(10,11)13-5-1-3-6(4-2-5)14-8-12;5-3-1-2-4-6/h6-7,10-12H,4-5,8-9H2,1-3H3,(H,20,23);6-8,11-13H,4-5,9-10H2,1-3H3,(H,19,22);1,3-7H,2H2;2*4-7H2,1-3H3,(H,11,12);11H,4-7H2,1-3H3,(H,10,12);1-4,12H;6H,1-5H2. The summed E-state index contributed by atoms with van der Waals surface area (Å²) in [5.74, 6) is -0.134. The van der Waals surface area contributed by atoms with Crippen molar-refractivity contribution < 1.29 is 99.8 Å². The molecule has 655 valence electrons. The van der Waals surface area contributed by atoms with Crippen LogP contribution < -0.4 is 41.7 Å². The molecule has 10 N–H and O–H groups in total. The van der Waals surface area contributed by atoms with Gasteiger partial charge in [0.1, 0.15) is 58.4 Å². The van der Waals surface area contributed by atoms with Crippen LogP contribution in [-0.4, -0.2) is 179 Å². The first-order valence-electron chi connectivity index (χ1n) is 38.8. The molecule has 0 unspecified atom stereocenters. The van der Waals surface area contributed by atoms with Crippen LogP contribution in [0.3, 0.4) is 0 Å². The number of allylic oxidation sites excluding steroid dienone is 1. The fraction of sp³-hybridized carbons (Fsp3) is 0.548. The van der Waals surface area contributed by atoms with Gasteiger partial charge in [0.2, 0.25) is 0 Å². The van der Waals surface area contributed by atoms with Gasteiger partial charge in [-0.1, -0.05) is 56.1 Å². The number of halogens is 6. The first-order chi connectivity index (χ1) is 54.9. The number of unbranched alkanes of at least 4 members (excludes halogenated alkanes) is 6. The number of carbonyl (C=O) groups excluding carboxylic acids is 8. The Morgan fingerprint density at radius 1 is 0.487 bits per heavy atom. The number of aldehydes is 3. The third-order valence-corrected chi connectivity index (χ3v) is 16.2. The average Bonchev–Trinajstić information content (AvgIpc) is 1.66. The summed E-state index contributed by atoms with van der Waals surface area (Å²) in [7, 11) is 0.430. The number of nitrogens with zero attached hydrogens (tertiary/aromatic N) is 2. The van der Waals surface area contributed by atoms with Crippen LogP contribution in [0, 0.1) is 0 Å². The summed E-state index contributed by atoms with van der Waals surface area (Å²) in [6, 6.07) is 23.8. The van der Waals surface area contributed by atoms with E-state index in [-0.39, 0.29) is 49.1 Å². The molecular formula is C84H126BBr3F3N8O18. The first-order valence-corrected chi connectivity index (χ1v) is 41.8. The number of ether oxygens (including phenoxy) is 6. The lowest BCUT2D eigenvalue weighted by Gasteiger charge is -2.19. The van der Waals surface area contributed by atoms with Crippen molar-refractivity contribution in [3.8, 4) is 11.5 Å². The fourth-order valence-corrected chi connectivity index (χ4v) is 10.8. The number of aromatic nitrogens is 2. The highest BCUT2D eigenvalue weighted by Gasteiger charge is 2.31. The van der Waals surface area contributed by atoms with Gasteiger partial charge in [-0.2, -0.15) is 0 Å². The van der Waals surface area contributed by atoms with E-state index in [1.165, 1.54) is 23.3 Å². The minimum absolute atomic E-state index is 0.163. The molecule has 117 heavy (non-hydrogen) atoms. The number of aryl methyl sites for hydroxylation is 2. The molecule has 1 aliphatic rings. The summed E-state index contributed by atoms with van der Waals surface area (Å²) in [6.07, 6.45) is 16.3. The maximum Gasteiger partial charge on any atom is 0.573 e. The molecular weight excluding hydrogens is 1720 g/mol. The van der Waals surface area contributed by atoms with Crippen molar-refractivity contribution in [2.24, 2.45) is 5.73 Å². The summed E-state index contributed by atoms with van der Waals surface area (Å²) in [4.78, 5) is 88.3. The molecule has 0 bridgehead atoms. The minimum Gasteiger partial charge on any atom is -0.537 e. The van der Waals surface area contributed by atoms with Gasteiger partial charge in [-0.3, -0.25) is 14.4 Å². The third kappa shape index (κ3) is 58.4. The Labute approximate surface area is 714 Å². The number of rotatable bonds is 31. The molecule has 0 spiro atoms. The van der Waals surface area contributed by atoms with Crippen LogP contribution in [0.5, 0.6) is 11.5 Å². The first kappa shape index (κ1) is 109. The Morgan fingerprint density at radius 3 is 1.25 bits per heavy atom. The van der Waals surface area contributed by atoms with Crippen molar-refractivity contribution in [2.45, 2.75) is 235 Å². The molecule has 0 saturated heterocycles. The van der Waals surface area contributed by atoms with Crippen LogP contribution in [0.25, 0.3) is 27.9 Å². The van der Waals surface area contributed by atoms with Crippen molar-refractivity contribution in [1.29, 1.82) is 0 Å². The average molecular weight is 1840 g/mol. The number of hydrogen-bond acceptors (Lipinski definition) is 19. The molecule has 33 heteroatoms. The monoisotopic (exact) mass is 1840 g/mol. The largest absolute Gasteiger partial charge is 0.573 e. The predicted molar refractivity (Wildman–Crippen MR) is 466 cm³/mol. The minimum atomic E-state index is -4.70. The molecule has 0 atom stereocenters. The number of nitrogens with two attached hydrogens (primary N) is 1. The topological polar surface area (TPSA) is 358 Å². The number of aliphatic hydroxyl groups excluding tert-OH is 2. The second kappa shape index (κ2) is 59.5. The van der Waals surface area contributed by atoms with E-state index in [2.05, 4.69) is 105 Å². The van der Waals surface area contributed by atoms with Crippen LogP contribution in [0.15, 0.2) is 108 Å². The molecule has 4 aromatic carbocycles. The van der Waals surface area contributed by atoms with Crippen molar-refractivity contribution in [1.82, 2.24) is 35.7 Å². The molecule has 0 fully saturated rings. The van der Waals surface area contributed by atoms with Gasteiger partial charge in [-0.25, -0.2) is 24.0 Å². The highest BCUT2D eigenvalue weighted by atomic mass is 79.9. The quantitative estimate of drug-likeness (QED) is 0.00642. The van der Waals surface area contributed by atoms with Gasteiger partial charge in [0.05, 0.1) is 0 Å². The van der Waals surface area contributed by atoms with E-state index >= 15 is 0 Å². The highest BCUT2D eigenvalue weighted by Crippen LogP contribution is 2.29. The maximum atomic E-state index is 11.7. The predicted octanol–water partition coefficient (Wildman–Crippen LogP) is 18.2. The maximum absolute atomic E-state index is 11.7. The molecule has 26 nitrogen and oxygen atoms in total. The van der Waals surface area contributed by atoms with Gasteiger partial charge in [0.25, 0.3) is 0 Å². The second-order valence-corrected chi connectivity index (χ2v) is 33.4. The van der Waals surface area contributed by atoms with Crippen LogP contribution in [0.4, 0.5) is 37.1 Å². The normalized spacial score (nSPS) is 11.3. The summed E-state index contributed by atoms with van der Waals surface area (Å²) in [6.45, 7) is 33.6. The van der Waals surface area contributed by atoms with Crippen molar-refractivity contribution in [3.63, 3.8) is 0 Å². The summed E-state index contributed by atoms with van der Waals surface area (Å²) < 4.78 is 74.0. The molecule has 7 rings (SSSR count). The number of alkyl carbamates (subject to hydrolysis) is 5. The van der Waals surface area contributed by atoms with E-state index in [0.29, 0.717) is 64.5 Å². The van der Waals surface area contributed by atoms with Crippen molar-refractivity contribution in [2.75, 3.05) is 63.1 Å². The number of fused-ring (bicyclic) bond motifs is 3. The van der Waals surface area contributed by atoms with Gasteiger partial charge in [0.15, 0.2) is 0 Å². The van der Waals surface area contributed by atoms with Crippen LogP contribution >= 0.6 is 47.8 Å². The zero-order valence-corrected chi connectivity index (χ0v) is 75.3. The number of benzene rings is 4. The zero-order chi connectivity index (χ0) is 88.7. The van der Waals surface area contributed by atoms with Gasteiger partial charge in [0, 0.05) is 125 Å². The summed E-state index contributed by atoms with van der Waals surface area (Å²) >= 11 is 10.2. The Bertz CT molecular complexity index is 3760. The van der Waals surface area contributed by atoms with E-state index in [4.69, 9.17) is 44.7 Å². The molecule has 0 saturated carbocycles. The van der Waals surface area contributed by atoms with Crippen LogP contribution in [-0.2, 0) is 43.2 Å². The lowest BCUT2D eigenvalue weighted by Crippen LogP contribution is -2.33. The molecule has 1 radical (unpaired) electrons. The van der Waals surface area contributed by atoms with E-state index < -0.39 is 40.5 Å². The molecule has 0 aliphatic heterocycles. The van der Waals surface area contributed by atoms with E-state index in [1.54, 1.807) is 0 Å². The SMILES string of the molecule is CC(C)(C)OC(=O)NCCCCBr.CC(C)(C)OC(=O)NCCCCBr.CC(C)(C)OC(=O)NCCCCO.CC(C)(C)OC(=O)NCCCCn1cc(Br)c2cc(C=O)ccc21.CC(C)(C)OC(=O)NCCCCn1ccc2cc(C=O)ccc21.NCCCCO.O=Cc1ccc2c(c1)C=CC2.O[B]Oc1ccc(OC(F)(F)F)cc1. The molecule has 2 heterocycles. The number of carbonyl (C=O) groups is 8. The molecule has 5 amide bonds. The van der Waals surface area contributed by atoms with Gasteiger partial charge in [-0.05, 0) is 294 Å². The van der Waals surface area contributed by atoms with Gasteiger partial charge >= 0.3 is 44.5 Å². The molecule has 2 aromatic heterocycles. The number of amides is 5. The highest BCUT2D eigenvalue weighted by molar-refractivity contribution is 9.10. The Hall–Kier alpha value is -8.21. The van der Waals surface area contributed by atoms with Crippen LogP contribution in [0.2, 0.25) is 0 Å². The Kier molecular flexibility index (Phi) is 55.3. The number of aliphatic hydroxyl groups is 2. The third-order valence-electron chi connectivity index (χ3n) is 14.4. The molecule has 6 aromatic rings. The van der Waals surface area contributed by atoms with Crippen molar-refractivity contribution >= 4 is 133 Å². The molecule has 1 aliphatic carbocycles. The summed E-state index contributed by atoms with van der Waals surface area (Å²) in [5, 5.41) is 42.4. The van der Waals surface area contributed by atoms with E-state index in [9.17, 15) is 51.5 Å².